The second-order valence-electron chi connectivity index (χ2n) is 3.74. The SMILES string of the molecule is CC(C)N(C)c1ccc(C(N)=S)cc1Br. The van der Waals surface area contributed by atoms with E-state index in [1.165, 1.54) is 0 Å². The van der Waals surface area contributed by atoms with Crippen molar-refractivity contribution < 1.29 is 0 Å². The van der Waals surface area contributed by atoms with Gasteiger partial charge in [0.25, 0.3) is 0 Å². The number of hydrogen-bond donors (Lipinski definition) is 1. The molecule has 0 aliphatic rings. The van der Waals surface area contributed by atoms with Crippen molar-refractivity contribution in [2.24, 2.45) is 5.73 Å². The summed E-state index contributed by atoms with van der Waals surface area (Å²) in [5.74, 6) is 0. The van der Waals surface area contributed by atoms with Crippen molar-refractivity contribution in [3.05, 3.63) is 28.2 Å². The number of rotatable bonds is 3. The molecular weight excluding hydrogens is 272 g/mol. The van der Waals surface area contributed by atoms with Gasteiger partial charge in [-0.25, -0.2) is 0 Å². The van der Waals surface area contributed by atoms with Gasteiger partial charge in [-0.05, 0) is 48.0 Å². The van der Waals surface area contributed by atoms with Crippen LogP contribution in [0.2, 0.25) is 0 Å². The van der Waals surface area contributed by atoms with Gasteiger partial charge in [-0.3, -0.25) is 0 Å². The molecule has 1 aromatic carbocycles. The molecule has 0 radical (unpaired) electrons. The van der Waals surface area contributed by atoms with Crippen molar-refractivity contribution in [1.29, 1.82) is 0 Å². The molecule has 15 heavy (non-hydrogen) atoms. The topological polar surface area (TPSA) is 29.3 Å². The summed E-state index contributed by atoms with van der Waals surface area (Å²) < 4.78 is 1.02. The van der Waals surface area contributed by atoms with Crippen molar-refractivity contribution in [1.82, 2.24) is 0 Å². The van der Waals surface area contributed by atoms with Crippen molar-refractivity contribution in [3.8, 4) is 0 Å². The van der Waals surface area contributed by atoms with E-state index < -0.39 is 0 Å². The second-order valence-corrected chi connectivity index (χ2v) is 5.03. The Labute approximate surface area is 105 Å². The van der Waals surface area contributed by atoms with Crippen LogP contribution in [0.3, 0.4) is 0 Å². The average molecular weight is 287 g/mol. The van der Waals surface area contributed by atoms with E-state index in [-0.39, 0.29) is 0 Å². The van der Waals surface area contributed by atoms with Crippen LogP contribution in [0.1, 0.15) is 19.4 Å². The van der Waals surface area contributed by atoms with Gasteiger partial charge in [-0.15, -0.1) is 0 Å². The van der Waals surface area contributed by atoms with Gasteiger partial charge < -0.3 is 10.6 Å². The lowest BCUT2D eigenvalue weighted by Gasteiger charge is -2.25. The molecule has 4 heteroatoms. The molecule has 0 atom stereocenters. The highest BCUT2D eigenvalue weighted by Crippen LogP contribution is 2.27. The van der Waals surface area contributed by atoms with E-state index in [1.807, 2.05) is 18.2 Å². The maximum atomic E-state index is 5.57. The number of nitrogens with two attached hydrogens (primary N) is 1. The lowest BCUT2D eigenvalue weighted by molar-refractivity contribution is 0.753. The summed E-state index contributed by atoms with van der Waals surface area (Å²) in [6.45, 7) is 4.29. The summed E-state index contributed by atoms with van der Waals surface area (Å²) in [5, 5.41) is 0. The molecule has 0 bridgehead atoms. The fraction of sp³-hybridized carbons (Fsp3) is 0.364. The Morgan fingerprint density at radius 1 is 1.47 bits per heavy atom. The van der Waals surface area contributed by atoms with E-state index in [0.717, 1.165) is 15.7 Å². The standard InChI is InChI=1S/C11H15BrN2S/c1-7(2)14(3)10-5-4-8(11(13)15)6-9(10)12/h4-7H,1-3H3,(H2,13,15). The zero-order valence-corrected chi connectivity index (χ0v) is 11.5. The molecule has 1 rings (SSSR count). The zero-order chi connectivity index (χ0) is 11.6. The minimum atomic E-state index is 0.425. The third-order valence-corrected chi connectivity index (χ3v) is 3.26. The van der Waals surface area contributed by atoms with E-state index >= 15 is 0 Å². The molecular formula is C11H15BrN2S. The number of thiocarbonyl (C=S) groups is 1. The van der Waals surface area contributed by atoms with E-state index in [9.17, 15) is 0 Å². The number of anilines is 1. The lowest BCUT2D eigenvalue weighted by Crippen LogP contribution is -2.26. The average Bonchev–Trinajstić information content (AvgIpc) is 2.16. The van der Waals surface area contributed by atoms with Gasteiger partial charge in [0.05, 0.1) is 5.69 Å². The highest BCUT2D eigenvalue weighted by molar-refractivity contribution is 9.10. The van der Waals surface area contributed by atoms with Gasteiger partial charge in [0.15, 0.2) is 0 Å². The van der Waals surface area contributed by atoms with Gasteiger partial charge in [0.1, 0.15) is 4.99 Å². The van der Waals surface area contributed by atoms with Crippen LogP contribution in [0.25, 0.3) is 0 Å². The molecule has 2 nitrogen and oxygen atoms in total. The maximum absolute atomic E-state index is 5.57. The predicted octanol–water partition coefficient (Wildman–Crippen LogP) is 2.93. The van der Waals surface area contributed by atoms with Crippen LogP contribution >= 0.6 is 28.1 Å². The Bertz CT molecular complexity index is 377. The molecule has 0 amide bonds. The van der Waals surface area contributed by atoms with Gasteiger partial charge in [-0.2, -0.15) is 0 Å². The largest absolute Gasteiger partial charge is 0.389 e. The molecule has 1 aromatic rings. The molecule has 0 aliphatic carbocycles. The first-order chi connectivity index (χ1) is 6.93. The first kappa shape index (κ1) is 12.5. The fourth-order valence-corrected chi connectivity index (χ4v) is 2.01. The molecule has 0 unspecified atom stereocenters. The molecule has 82 valence electrons. The Balaban J connectivity index is 3.08. The summed E-state index contributed by atoms with van der Waals surface area (Å²) in [5.41, 5.74) is 7.60. The van der Waals surface area contributed by atoms with Crippen LogP contribution < -0.4 is 10.6 Å². The van der Waals surface area contributed by atoms with Gasteiger partial charge in [0.2, 0.25) is 0 Å². The van der Waals surface area contributed by atoms with Crippen LogP contribution in [0.4, 0.5) is 5.69 Å². The van der Waals surface area contributed by atoms with Crippen LogP contribution in [-0.2, 0) is 0 Å². The zero-order valence-electron chi connectivity index (χ0n) is 9.12. The highest BCUT2D eigenvalue weighted by atomic mass is 79.9. The van der Waals surface area contributed by atoms with Crippen LogP contribution in [0.5, 0.6) is 0 Å². The van der Waals surface area contributed by atoms with E-state index in [4.69, 9.17) is 18.0 Å². The van der Waals surface area contributed by atoms with Crippen molar-refractivity contribution in [2.45, 2.75) is 19.9 Å². The van der Waals surface area contributed by atoms with Gasteiger partial charge >= 0.3 is 0 Å². The summed E-state index contributed by atoms with van der Waals surface area (Å²) in [4.78, 5) is 2.61. The van der Waals surface area contributed by atoms with E-state index in [0.29, 0.717) is 11.0 Å². The van der Waals surface area contributed by atoms with Gasteiger partial charge in [-0.1, -0.05) is 12.2 Å². The third-order valence-electron chi connectivity index (χ3n) is 2.39. The highest BCUT2D eigenvalue weighted by Gasteiger charge is 2.09. The van der Waals surface area contributed by atoms with Crippen LogP contribution in [0, 0.1) is 0 Å². The second kappa shape index (κ2) is 4.94. The molecule has 0 aromatic heterocycles. The smallest absolute Gasteiger partial charge is 0.104 e. The molecule has 0 saturated heterocycles. The van der Waals surface area contributed by atoms with E-state index in [1.54, 1.807) is 0 Å². The molecule has 0 heterocycles. The summed E-state index contributed by atoms with van der Waals surface area (Å²) in [7, 11) is 2.06. The number of nitrogens with zero attached hydrogens (tertiary/aromatic N) is 1. The molecule has 0 aliphatic heterocycles. The minimum Gasteiger partial charge on any atom is -0.389 e. The quantitative estimate of drug-likeness (QED) is 0.867. The Morgan fingerprint density at radius 2 is 2.07 bits per heavy atom. The van der Waals surface area contributed by atoms with Crippen LogP contribution in [0.15, 0.2) is 22.7 Å². The number of benzene rings is 1. The Kier molecular flexibility index (Phi) is 4.11. The van der Waals surface area contributed by atoms with E-state index in [2.05, 4.69) is 41.7 Å². The Morgan fingerprint density at radius 3 is 2.47 bits per heavy atom. The van der Waals surface area contributed by atoms with Gasteiger partial charge in [0, 0.05) is 23.1 Å². The summed E-state index contributed by atoms with van der Waals surface area (Å²) >= 11 is 8.45. The summed E-state index contributed by atoms with van der Waals surface area (Å²) in [6, 6.07) is 6.38. The lowest BCUT2D eigenvalue weighted by atomic mass is 10.2. The molecule has 2 N–H and O–H groups in total. The molecule has 0 saturated carbocycles. The normalized spacial score (nSPS) is 10.5. The monoisotopic (exact) mass is 286 g/mol. The number of hydrogen-bond acceptors (Lipinski definition) is 2. The molecule has 0 fully saturated rings. The minimum absolute atomic E-state index is 0.425. The number of halogens is 1. The predicted molar refractivity (Wildman–Crippen MR) is 73.6 cm³/mol. The van der Waals surface area contributed by atoms with Crippen molar-refractivity contribution in [3.63, 3.8) is 0 Å². The van der Waals surface area contributed by atoms with Crippen molar-refractivity contribution in [2.75, 3.05) is 11.9 Å². The first-order valence-electron chi connectivity index (χ1n) is 4.75. The third kappa shape index (κ3) is 2.92. The molecule has 0 spiro atoms. The maximum Gasteiger partial charge on any atom is 0.104 e. The summed E-state index contributed by atoms with van der Waals surface area (Å²) in [6.07, 6.45) is 0. The van der Waals surface area contributed by atoms with Crippen LogP contribution in [-0.4, -0.2) is 18.1 Å². The first-order valence-corrected chi connectivity index (χ1v) is 5.95. The Hall–Kier alpha value is -0.610. The fourth-order valence-electron chi connectivity index (χ4n) is 1.22. The van der Waals surface area contributed by atoms with Crippen molar-refractivity contribution >= 4 is 38.8 Å².